The lowest BCUT2D eigenvalue weighted by molar-refractivity contribution is 0.0569. The molecule has 1 aromatic heterocycles. The van der Waals surface area contributed by atoms with Gasteiger partial charge in [-0.05, 0) is 42.5 Å². The van der Waals surface area contributed by atoms with Crippen molar-refractivity contribution >= 4 is 16.5 Å². The van der Waals surface area contributed by atoms with Gasteiger partial charge < -0.3 is 19.2 Å². The zero-order chi connectivity index (χ0) is 19.9. The Morgan fingerprint density at radius 1 is 1.03 bits per heavy atom. The minimum Gasteiger partial charge on any atom is -0.489 e. The van der Waals surface area contributed by atoms with Crippen LogP contribution in [-0.4, -0.2) is 48.8 Å². The zero-order valence-electron chi connectivity index (χ0n) is 17.0. The molecule has 0 saturated heterocycles. The Kier molecular flexibility index (Phi) is 4.42. The monoisotopic (exact) mass is 402 g/mol. The lowest BCUT2D eigenvalue weighted by Gasteiger charge is -2.34. The number of H-pyrrole nitrogens is 1. The van der Waals surface area contributed by atoms with Crippen LogP contribution < -0.4 is 14.2 Å². The van der Waals surface area contributed by atoms with Gasteiger partial charge in [-0.15, -0.1) is 0 Å². The third kappa shape index (κ3) is 3.14. The minimum absolute atomic E-state index is 0.0255. The summed E-state index contributed by atoms with van der Waals surface area (Å²) in [6.45, 7) is 4.17. The number of ether oxygens (including phenoxy) is 3. The summed E-state index contributed by atoms with van der Waals surface area (Å²) in [5.41, 5.74) is 5.19. The van der Waals surface area contributed by atoms with E-state index in [2.05, 4.69) is 52.5 Å². The first-order valence-corrected chi connectivity index (χ1v) is 10.9. The molecule has 3 aliphatic rings. The second-order valence-electron chi connectivity index (χ2n) is 8.37. The summed E-state index contributed by atoms with van der Waals surface area (Å²) in [6.07, 6.45) is 7.69. The Hall–Kier alpha value is -2.92. The highest BCUT2D eigenvalue weighted by atomic mass is 16.6. The van der Waals surface area contributed by atoms with E-state index < -0.39 is 0 Å². The van der Waals surface area contributed by atoms with E-state index in [1.807, 2.05) is 6.07 Å². The normalized spacial score (nSPS) is 21.1. The number of aryl methyl sites for hydroxylation is 1. The Labute approximate surface area is 176 Å². The number of para-hydroxylation sites is 1. The molecule has 0 aliphatic carbocycles. The molecule has 1 N–H and O–H groups in total. The number of fused-ring (bicyclic) bond motifs is 4. The van der Waals surface area contributed by atoms with E-state index in [0.29, 0.717) is 6.61 Å². The summed E-state index contributed by atoms with van der Waals surface area (Å²) in [7, 11) is 0. The molecule has 2 aromatic carbocycles. The van der Waals surface area contributed by atoms with Crippen molar-refractivity contribution in [2.45, 2.75) is 25.4 Å². The van der Waals surface area contributed by atoms with Crippen molar-refractivity contribution in [2.75, 3.05) is 32.8 Å². The molecule has 30 heavy (non-hydrogen) atoms. The van der Waals surface area contributed by atoms with Crippen molar-refractivity contribution < 1.29 is 14.2 Å². The number of aromatic nitrogens is 1. The van der Waals surface area contributed by atoms with Crippen molar-refractivity contribution in [3.63, 3.8) is 0 Å². The smallest absolute Gasteiger partial charge is 0.204 e. The maximum Gasteiger partial charge on any atom is 0.204 e. The van der Waals surface area contributed by atoms with Gasteiger partial charge in [0.25, 0.3) is 0 Å². The van der Waals surface area contributed by atoms with Gasteiger partial charge in [-0.1, -0.05) is 30.3 Å². The van der Waals surface area contributed by atoms with Gasteiger partial charge in [-0.2, -0.15) is 0 Å². The molecule has 4 heterocycles. The van der Waals surface area contributed by atoms with E-state index in [1.54, 1.807) is 0 Å². The fraction of sp³-hybridized carbons (Fsp3) is 0.360. The van der Waals surface area contributed by atoms with Gasteiger partial charge in [0.05, 0.1) is 6.61 Å². The zero-order valence-corrected chi connectivity index (χ0v) is 17.0. The van der Waals surface area contributed by atoms with Gasteiger partial charge in [0.15, 0.2) is 11.5 Å². The number of benzene rings is 2. The molecule has 0 spiro atoms. The maximum absolute atomic E-state index is 6.37. The summed E-state index contributed by atoms with van der Waals surface area (Å²) >= 11 is 0. The molecule has 0 fully saturated rings. The molecule has 0 saturated carbocycles. The second kappa shape index (κ2) is 7.40. The van der Waals surface area contributed by atoms with Gasteiger partial charge in [0.2, 0.25) is 5.75 Å². The number of hydrogen-bond donors (Lipinski definition) is 1. The fourth-order valence-corrected chi connectivity index (χ4v) is 4.82. The highest BCUT2D eigenvalue weighted by molar-refractivity contribution is 5.92. The lowest BCUT2D eigenvalue weighted by atomic mass is 9.99. The molecule has 0 amide bonds. The van der Waals surface area contributed by atoms with Crippen LogP contribution in [0.15, 0.2) is 48.7 Å². The van der Waals surface area contributed by atoms with Crippen molar-refractivity contribution in [3.8, 4) is 17.2 Å². The number of rotatable bonds is 3. The molecule has 1 atom stereocenters. The fourth-order valence-electron chi connectivity index (χ4n) is 4.82. The molecule has 154 valence electrons. The first kappa shape index (κ1) is 17.9. The molecule has 3 aromatic rings. The molecule has 3 aliphatic heterocycles. The minimum atomic E-state index is 0.0255. The summed E-state index contributed by atoms with van der Waals surface area (Å²) < 4.78 is 18.3. The average Bonchev–Trinajstić information content (AvgIpc) is 3.24. The molecular weight excluding hydrogens is 376 g/mol. The molecule has 6 rings (SSSR count). The van der Waals surface area contributed by atoms with Crippen molar-refractivity contribution in [3.05, 3.63) is 59.8 Å². The third-order valence-electron chi connectivity index (χ3n) is 6.39. The van der Waals surface area contributed by atoms with Crippen molar-refractivity contribution in [1.29, 1.82) is 0 Å². The van der Waals surface area contributed by atoms with Crippen LogP contribution in [-0.2, 0) is 6.42 Å². The van der Waals surface area contributed by atoms with E-state index in [4.69, 9.17) is 14.2 Å². The first-order valence-electron chi connectivity index (χ1n) is 10.9. The molecular formula is C25H26N2O3. The van der Waals surface area contributed by atoms with Crippen LogP contribution in [0.1, 0.15) is 24.0 Å². The quantitative estimate of drug-likeness (QED) is 0.704. The van der Waals surface area contributed by atoms with Crippen LogP contribution in [0.5, 0.6) is 17.2 Å². The van der Waals surface area contributed by atoms with Gasteiger partial charge in [0.1, 0.15) is 12.7 Å². The van der Waals surface area contributed by atoms with Crippen molar-refractivity contribution in [1.82, 2.24) is 9.88 Å². The second-order valence-corrected chi connectivity index (χ2v) is 8.37. The topological polar surface area (TPSA) is 46.7 Å². The molecule has 0 unspecified atom stereocenters. The summed E-state index contributed by atoms with van der Waals surface area (Å²) in [5.74, 6) is 2.51. The molecule has 0 bridgehead atoms. The standard InChI is InChI=1S/C25H26N2O3/c1-2-6-22-20(5-1)21(14-26-22)17-9-11-27(12-10-17)15-19-16-29-23-8-7-18-4-3-13-28-24(18)25(23)30-19/h1-2,5-9,14,19,26H,3-4,10-13,15-16H2/t19-/m0/s1. The van der Waals surface area contributed by atoms with Crippen LogP contribution in [0.4, 0.5) is 0 Å². The summed E-state index contributed by atoms with van der Waals surface area (Å²) in [4.78, 5) is 5.85. The van der Waals surface area contributed by atoms with Gasteiger partial charge in [-0.25, -0.2) is 0 Å². The largest absolute Gasteiger partial charge is 0.489 e. The van der Waals surface area contributed by atoms with E-state index in [1.165, 1.54) is 27.6 Å². The third-order valence-corrected chi connectivity index (χ3v) is 6.39. The van der Waals surface area contributed by atoms with Gasteiger partial charge in [-0.3, -0.25) is 4.90 Å². The number of nitrogens with zero attached hydrogens (tertiary/aromatic N) is 1. The lowest BCUT2D eigenvalue weighted by Crippen LogP contribution is -2.42. The summed E-state index contributed by atoms with van der Waals surface area (Å²) in [5, 5.41) is 1.31. The van der Waals surface area contributed by atoms with Crippen LogP contribution in [0.3, 0.4) is 0 Å². The number of hydrogen-bond acceptors (Lipinski definition) is 4. The van der Waals surface area contributed by atoms with Crippen LogP contribution >= 0.6 is 0 Å². The maximum atomic E-state index is 6.37. The Morgan fingerprint density at radius 2 is 2.00 bits per heavy atom. The van der Waals surface area contributed by atoms with Crippen LogP contribution in [0.2, 0.25) is 0 Å². The Morgan fingerprint density at radius 3 is 2.93 bits per heavy atom. The first-order chi connectivity index (χ1) is 14.8. The SMILES string of the molecule is C1=C(c2c[nH]c3ccccc23)CCN(C[C@H]2COc3ccc4c(c3O2)OCCC4)C1. The average molecular weight is 402 g/mol. The molecule has 5 nitrogen and oxygen atoms in total. The van der Waals surface area contributed by atoms with Gasteiger partial charge in [0, 0.05) is 42.3 Å². The van der Waals surface area contributed by atoms with Crippen molar-refractivity contribution in [2.24, 2.45) is 0 Å². The van der Waals surface area contributed by atoms with Gasteiger partial charge >= 0.3 is 0 Å². The van der Waals surface area contributed by atoms with Crippen LogP contribution in [0.25, 0.3) is 16.5 Å². The van der Waals surface area contributed by atoms with Crippen LogP contribution in [0, 0.1) is 0 Å². The van der Waals surface area contributed by atoms with E-state index in [0.717, 1.165) is 62.8 Å². The Balaban J connectivity index is 1.15. The van der Waals surface area contributed by atoms with E-state index in [-0.39, 0.29) is 6.10 Å². The predicted octanol–water partition coefficient (Wildman–Crippen LogP) is 4.42. The highest BCUT2D eigenvalue weighted by Crippen LogP contribution is 2.44. The van der Waals surface area contributed by atoms with E-state index >= 15 is 0 Å². The Bertz CT molecular complexity index is 1120. The summed E-state index contributed by atoms with van der Waals surface area (Å²) in [6, 6.07) is 12.6. The van der Waals surface area contributed by atoms with E-state index in [9.17, 15) is 0 Å². The highest BCUT2D eigenvalue weighted by Gasteiger charge is 2.29. The molecule has 0 radical (unpaired) electrons. The number of aromatic amines is 1. The number of nitrogens with one attached hydrogen (secondary N) is 1. The predicted molar refractivity (Wildman–Crippen MR) is 118 cm³/mol. The molecule has 5 heteroatoms.